The molecule has 0 aliphatic carbocycles. The normalized spacial score (nSPS) is 14.2. The molecule has 0 spiro atoms. The van der Waals surface area contributed by atoms with Crippen molar-refractivity contribution in [3.05, 3.63) is 85.1 Å². The van der Waals surface area contributed by atoms with Gasteiger partial charge in [-0.2, -0.15) is 0 Å². The number of carbonyl (C=O) groups excluding carboxylic acids is 1. The Morgan fingerprint density at radius 2 is 0.735 bits per heavy atom. The Kier molecular flexibility index (Phi) is 62.4. The minimum atomic E-state index is -4.61. The molecule has 9 heteroatoms. The van der Waals surface area contributed by atoms with E-state index in [0.29, 0.717) is 17.4 Å². The molecule has 0 aliphatic rings. The summed E-state index contributed by atoms with van der Waals surface area (Å²) in [6, 6.07) is -0.891. The first-order valence-corrected chi connectivity index (χ1v) is 36.9. The number of amides is 1. The maximum atomic E-state index is 13.0. The summed E-state index contributed by atoms with van der Waals surface area (Å²) in [4.78, 5) is 25.6. The number of carbonyl (C=O) groups is 1. The van der Waals surface area contributed by atoms with Gasteiger partial charge >= 0.3 is 0 Å². The second kappa shape index (κ2) is 64.2. The van der Waals surface area contributed by atoms with Crippen LogP contribution in [-0.2, 0) is 18.4 Å². The highest BCUT2D eigenvalue weighted by atomic mass is 31.2. The van der Waals surface area contributed by atoms with Crippen LogP contribution in [-0.4, -0.2) is 68.5 Å². The van der Waals surface area contributed by atoms with Crippen LogP contribution in [0.3, 0.4) is 0 Å². The third kappa shape index (κ3) is 67.1. The average molecular weight is 1180 g/mol. The van der Waals surface area contributed by atoms with Gasteiger partial charge in [0.1, 0.15) is 13.2 Å². The molecule has 1 amide bonds. The van der Waals surface area contributed by atoms with Crippen molar-refractivity contribution in [2.75, 3.05) is 40.9 Å². The Labute approximate surface area is 516 Å². The summed E-state index contributed by atoms with van der Waals surface area (Å²) in [6.45, 7) is 4.57. The number of allylic oxidation sites excluding steroid dienone is 13. The molecule has 8 nitrogen and oxygen atoms in total. The molecule has 2 N–H and O–H groups in total. The number of nitrogens with zero attached hydrogens (tertiary/aromatic N) is 1. The fourth-order valence-electron chi connectivity index (χ4n) is 10.4. The summed E-state index contributed by atoms with van der Waals surface area (Å²) in [5.74, 6) is -0.195. The van der Waals surface area contributed by atoms with Crippen molar-refractivity contribution in [3.63, 3.8) is 0 Å². The van der Waals surface area contributed by atoms with E-state index in [1.807, 2.05) is 27.2 Å². The Hall–Kier alpha value is -2.32. The first kappa shape index (κ1) is 80.7. The summed E-state index contributed by atoms with van der Waals surface area (Å²) < 4.78 is 23.5. The second-order valence-corrected chi connectivity index (χ2v) is 26.6. The number of quaternary nitrogens is 1. The van der Waals surface area contributed by atoms with Gasteiger partial charge < -0.3 is 28.8 Å². The van der Waals surface area contributed by atoms with Gasteiger partial charge in [0.2, 0.25) is 5.91 Å². The van der Waals surface area contributed by atoms with Gasteiger partial charge in [-0.05, 0) is 70.6 Å². The van der Waals surface area contributed by atoms with E-state index < -0.39 is 20.0 Å². The number of rotatable bonds is 65. The summed E-state index contributed by atoms with van der Waals surface area (Å²) in [6.07, 6.45) is 91.3. The van der Waals surface area contributed by atoms with Crippen LogP contribution in [0.1, 0.15) is 328 Å². The molecule has 0 heterocycles. The van der Waals surface area contributed by atoms with Gasteiger partial charge in [0.05, 0.1) is 39.9 Å². The summed E-state index contributed by atoms with van der Waals surface area (Å²) >= 11 is 0. The maximum absolute atomic E-state index is 13.0. The molecule has 0 bridgehead atoms. The Bertz CT molecular complexity index is 1630. The quantitative estimate of drug-likeness (QED) is 0.0272. The first-order valence-electron chi connectivity index (χ1n) is 35.4. The van der Waals surface area contributed by atoms with Gasteiger partial charge in [0.25, 0.3) is 7.82 Å². The average Bonchev–Trinajstić information content (AvgIpc) is 3.49. The van der Waals surface area contributed by atoms with E-state index >= 15 is 0 Å². The monoisotopic (exact) mass is 1180 g/mol. The van der Waals surface area contributed by atoms with Crippen LogP contribution in [0.25, 0.3) is 0 Å². The van der Waals surface area contributed by atoms with Crippen molar-refractivity contribution < 1.29 is 32.9 Å². The lowest BCUT2D eigenvalue weighted by molar-refractivity contribution is -0.870. The molecule has 0 aromatic carbocycles. The first-order chi connectivity index (χ1) is 40.5. The number of hydrogen-bond acceptors (Lipinski definition) is 6. The number of unbranched alkanes of at least 4 members (excludes halogenated alkanes) is 40. The van der Waals surface area contributed by atoms with Crippen molar-refractivity contribution in [2.45, 2.75) is 341 Å². The molecular weight excluding hydrogens is 1040 g/mol. The molecular formula is C74H137N2O6P. The lowest BCUT2D eigenvalue weighted by atomic mass is 10.0. The third-order valence-corrected chi connectivity index (χ3v) is 16.8. The zero-order valence-electron chi connectivity index (χ0n) is 55.4. The number of aliphatic hydroxyl groups is 1. The number of aliphatic hydroxyl groups excluding tert-OH is 1. The molecule has 3 atom stereocenters. The SMILES string of the molecule is CC/C=C\C/C=C\C/C=C\C/C=C\C/C=C\C/C=C\CCCCCCCCCCCCCCCCCCC(=O)NC(COP(=O)([O-])OCC[N+](C)(C)C)C(O)/C=C/CCCCCCCCCCCCCCCCCCCCCCCCCC. The van der Waals surface area contributed by atoms with Gasteiger partial charge in [-0.3, -0.25) is 9.36 Å². The predicted octanol–water partition coefficient (Wildman–Crippen LogP) is 22.1. The highest BCUT2D eigenvalue weighted by Crippen LogP contribution is 2.38. The highest BCUT2D eigenvalue weighted by molar-refractivity contribution is 7.45. The van der Waals surface area contributed by atoms with Crippen LogP contribution in [0, 0.1) is 0 Å². The number of nitrogens with one attached hydrogen (secondary N) is 1. The van der Waals surface area contributed by atoms with E-state index in [4.69, 9.17) is 9.05 Å². The van der Waals surface area contributed by atoms with Gasteiger partial charge in [-0.15, -0.1) is 0 Å². The molecule has 0 fully saturated rings. The van der Waals surface area contributed by atoms with Crippen molar-refractivity contribution in [1.29, 1.82) is 0 Å². The molecule has 0 aromatic rings. The van der Waals surface area contributed by atoms with Crippen LogP contribution in [0.5, 0.6) is 0 Å². The standard InChI is InChI=1S/C74H137N2O6P/c1-6-8-10-12-14-16-18-20-22-24-26-28-30-32-34-35-36-37-38-39-40-41-42-44-46-48-50-52-54-56-58-60-62-64-66-68-74(78)75-72(71-82-83(79,80)81-70-69-76(3,4)5)73(77)67-65-63-61-59-57-55-53-51-49-47-45-43-33-31-29-27-25-23-21-19-17-15-13-11-9-7-2/h8,10,14,16,20,22,26,28,32,34,36-37,65,67,72-73,77H,6-7,9,11-13,15,17-19,21,23-25,27,29-31,33,35,38-64,66,68-71H2,1-5H3,(H-,75,78,79,80)/b10-8-,16-14-,22-20-,28-26-,34-32-,37-36-,67-65+. The minimum absolute atomic E-state index is 0.00216. The summed E-state index contributed by atoms with van der Waals surface area (Å²) in [5.41, 5.74) is 0. The number of likely N-dealkylation sites (N-methyl/N-ethyl adjacent to an activating group) is 1. The summed E-state index contributed by atoms with van der Waals surface area (Å²) in [5, 5.41) is 14.0. The smallest absolute Gasteiger partial charge is 0.268 e. The topological polar surface area (TPSA) is 108 Å². The van der Waals surface area contributed by atoms with E-state index in [9.17, 15) is 19.4 Å². The van der Waals surface area contributed by atoms with Crippen LogP contribution < -0.4 is 10.2 Å². The van der Waals surface area contributed by atoms with E-state index in [2.05, 4.69) is 92.1 Å². The van der Waals surface area contributed by atoms with Gasteiger partial charge in [0, 0.05) is 6.42 Å². The van der Waals surface area contributed by atoms with E-state index in [1.165, 1.54) is 231 Å². The molecule has 0 radical (unpaired) electrons. The Balaban J connectivity index is 4.06. The molecule has 0 saturated carbocycles. The van der Waals surface area contributed by atoms with Crippen LogP contribution in [0.15, 0.2) is 85.1 Å². The van der Waals surface area contributed by atoms with Crippen LogP contribution in [0.2, 0.25) is 0 Å². The largest absolute Gasteiger partial charge is 0.756 e. The molecule has 3 unspecified atom stereocenters. The summed E-state index contributed by atoms with van der Waals surface area (Å²) in [7, 11) is 1.27. The molecule has 0 rings (SSSR count). The van der Waals surface area contributed by atoms with Gasteiger partial charge in [0.15, 0.2) is 0 Å². The van der Waals surface area contributed by atoms with E-state index in [0.717, 1.165) is 77.0 Å². The molecule has 83 heavy (non-hydrogen) atoms. The number of phosphoric acid groups is 1. The minimum Gasteiger partial charge on any atom is -0.756 e. The lowest BCUT2D eigenvalue weighted by Gasteiger charge is -2.29. The van der Waals surface area contributed by atoms with E-state index in [-0.39, 0.29) is 19.1 Å². The lowest BCUT2D eigenvalue weighted by Crippen LogP contribution is -2.45. The van der Waals surface area contributed by atoms with Gasteiger partial charge in [-0.25, -0.2) is 0 Å². The molecule has 0 saturated heterocycles. The number of hydrogen-bond donors (Lipinski definition) is 2. The maximum Gasteiger partial charge on any atom is 0.268 e. The Morgan fingerprint density at radius 1 is 0.434 bits per heavy atom. The van der Waals surface area contributed by atoms with Gasteiger partial charge in [-0.1, -0.05) is 336 Å². The van der Waals surface area contributed by atoms with Crippen LogP contribution in [0.4, 0.5) is 0 Å². The van der Waals surface area contributed by atoms with E-state index in [1.54, 1.807) is 6.08 Å². The van der Waals surface area contributed by atoms with Crippen molar-refractivity contribution in [1.82, 2.24) is 5.32 Å². The third-order valence-electron chi connectivity index (χ3n) is 15.9. The molecule has 0 aliphatic heterocycles. The Morgan fingerprint density at radius 3 is 1.07 bits per heavy atom. The number of phosphoric ester groups is 1. The predicted molar refractivity (Wildman–Crippen MR) is 362 cm³/mol. The fraction of sp³-hybridized carbons (Fsp3) is 0.797. The second-order valence-electron chi connectivity index (χ2n) is 25.2. The van der Waals surface area contributed by atoms with Crippen LogP contribution >= 0.6 is 7.82 Å². The van der Waals surface area contributed by atoms with Crippen molar-refractivity contribution >= 4 is 13.7 Å². The molecule has 0 aromatic heterocycles. The molecule has 484 valence electrons. The zero-order chi connectivity index (χ0) is 60.5. The fourth-order valence-corrected chi connectivity index (χ4v) is 11.1. The van der Waals surface area contributed by atoms with Crippen molar-refractivity contribution in [2.24, 2.45) is 0 Å². The van der Waals surface area contributed by atoms with Crippen molar-refractivity contribution in [3.8, 4) is 0 Å². The highest BCUT2D eigenvalue weighted by Gasteiger charge is 2.23. The zero-order valence-corrected chi connectivity index (χ0v) is 56.3.